The van der Waals surface area contributed by atoms with Gasteiger partial charge in [0, 0.05) is 19.3 Å². The molecule has 0 radical (unpaired) electrons. The minimum Gasteiger partial charge on any atom is -0.396 e. The van der Waals surface area contributed by atoms with Gasteiger partial charge in [0.25, 0.3) is 0 Å². The van der Waals surface area contributed by atoms with E-state index >= 15 is 0 Å². The highest BCUT2D eigenvalue weighted by atomic mass is 15.2. The SMILES string of the molecule is Cc1cnc(N2CCCC(C)C2)c(N)c1. The van der Waals surface area contributed by atoms with E-state index in [4.69, 9.17) is 5.73 Å². The molecular weight excluding hydrogens is 186 g/mol. The number of hydrogen-bond donors (Lipinski definition) is 1. The average molecular weight is 205 g/mol. The van der Waals surface area contributed by atoms with E-state index in [2.05, 4.69) is 16.8 Å². The second-order valence-corrected chi connectivity index (χ2v) is 4.62. The Balaban J connectivity index is 2.21. The second kappa shape index (κ2) is 4.09. The first-order valence-electron chi connectivity index (χ1n) is 5.64. The molecule has 1 atom stereocenters. The zero-order valence-corrected chi connectivity index (χ0v) is 9.53. The van der Waals surface area contributed by atoms with Gasteiger partial charge in [-0.3, -0.25) is 0 Å². The number of nitrogens with two attached hydrogens (primary N) is 1. The molecule has 15 heavy (non-hydrogen) atoms. The Kier molecular flexibility index (Phi) is 2.80. The molecule has 1 aliphatic heterocycles. The van der Waals surface area contributed by atoms with Crippen LogP contribution in [0.4, 0.5) is 11.5 Å². The van der Waals surface area contributed by atoms with Gasteiger partial charge in [-0.2, -0.15) is 0 Å². The Morgan fingerprint density at radius 1 is 1.53 bits per heavy atom. The van der Waals surface area contributed by atoms with Gasteiger partial charge >= 0.3 is 0 Å². The summed E-state index contributed by atoms with van der Waals surface area (Å²) in [6.07, 6.45) is 4.46. The molecule has 0 aromatic carbocycles. The van der Waals surface area contributed by atoms with Gasteiger partial charge < -0.3 is 10.6 Å². The first-order chi connectivity index (χ1) is 7.16. The first-order valence-corrected chi connectivity index (χ1v) is 5.64. The van der Waals surface area contributed by atoms with Crippen LogP contribution in [-0.2, 0) is 0 Å². The summed E-state index contributed by atoms with van der Waals surface area (Å²) in [5.74, 6) is 1.72. The highest BCUT2D eigenvalue weighted by Gasteiger charge is 2.18. The maximum atomic E-state index is 5.99. The molecular formula is C12H19N3. The standard InChI is InChI=1S/C12H19N3/c1-9-4-3-5-15(8-9)12-11(13)6-10(2)7-14-12/h6-7,9H,3-5,8,13H2,1-2H3. The van der Waals surface area contributed by atoms with Gasteiger partial charge in [0.05, 0.1) is 5.69 Å². The number of nitrogens with zero attached hydrogens (tertiary/aromatic N) is 2. The van der Waals surface area contributed by atoms with Crippen molar-refractivity contribution in [3.05, 3.63) is 17.8 Å². The van der Waals surface area contributed by atoms with Crippen molar-refractivity contribution in [2.24, 2.45) is 5.92 Å². The minimum absolute atomic E-state index is 0.751. The van der Waals surface area contributed by atoms with Crippen LogP contribution in [0.2, 0.25) is 0 Å². The monoisotopic (exact) mass is 205 g/mol. The summed E-state index contributed by atoms with van der Waals surface area (Å²) in [4.78, 5) is 6.75. The molecule has 0 amide bonds. The van der Waals surface area contributed by atoms with Crippen LogP contribution in [0.15, 0.2) is 12.3 Å². The van der Waals surface area contributed by atoms with E-state index in [9.17, 15) is 0 Å². The van der Waals surface area contributed by atoms with E-state index in [0.717, 1.165) is 36.1 Å². The number of nitrogen functional groups attached to an aromatic ring is 1. The van der Waals surface area contributed by atoms with Crippen molar-refractivity contribution in [1.29, 1.82) is 0 Å². The third kappa shape index (κ3) is 2.22. The average Bonchev–Trinajstić information content (AvgIpc) is 2.17. The molecule has 1 fully saturated rings. The van der Waals surface area contributed by atoms with Crippen molar-refractivity contribution >= 4 is 11.5 Å². The number of anilines is 2. The molecule has 0 bridgehead atoms. The van der Waals surface area contributed by atoms with Crippen molar-refractivity contribution in [2.45, 2.75) is 26.7 Å². The Bertz CT molecular complexity index is 349. The molecule has 2 rings (SSSR count). The van der Waals surface area contributed by atoms with Crippen molar-refractivity contribution in [2.75, 3.05) is 23.7 Å². The number of hydrogen-bond acceptors (Lipinski definition) is 3. The fourth-order valence-corrected chi connectivity index (χ4v) is 2.23. The quantitative estimate of drug-likeness (QED) is 0.764. The molecule has 0 spiro atoms. The lowest BCUT2D eigenvalue weighted by molar-refractivity contribution is 0.445. The Morgan fingerprint density at radius 3 is 3.00 bits per heavy atom. The van der Waals surface area contributed by atoms with Crippen LogP contribution in [0.25, 0.3) is 0 Å². The summed E-state index contributed by atoms with van der Waals surface area (Å²) in [7, 11) is 0. The van der Waals surface area contributed by atoms with Gasteiger partial charge in [-0.05, 0) is 37.3 Å². The molecule has 2 heterocycles. The van der Waals surface area contributed by atoms with Crippen LogP contribution in [0.1, 0.15) is 25.3 Å². The largest absolute Gasteiger partial charge is 0.396 e. The van der Waals surface area contributed by atoms with E-state index in [1.165, 1.54) is 12.8 Å². The van der Waals surface area contributed by atoms with E-state index in [-0.39, 0.29) is 0 Å². The molecule has 82 valence electrons. The summed E-state index contributed by atoms with van der Waals surface area (Å²) in [6, 6.07) is 2.00. The number of pyridine rings is 1. The van der Waals surface area contributed by atoms with Gasteiger partial charge in [0.1, 0.15) is 0 Å². The molecule has 0 aliphatic carbocycles. The molecule has 1 unspecified atom stereocenters. The van der Waals surface area contributed by atoms with E-state index in [1.54, 1.807) is 0 Å². The predicted octanol–water partition coefficient (Wildman–Crippen LogP) is 2.21. The summed E-state index contributed by atoms with van der Waals surface area (Å²) in [6.45, 7) is 6.48. The maximum Gasteiger partial charge on any atom is 0.151 e. The normalized spacial score (nSPS) is 21.7. The zero-order valence-electron chi connectivity index (χ0n) is 9.53. The fourth-order valence-electron chi connectivity index (χ4n) is 2.23. The second-order valence-electron chi connectivity index (χ2n) is 4.62. The van der Waals surface area contributed by atoms with E-state index in [0.29, 0.717) is 0 Å². The maximum absolute atomic E-state index is 5.99. The van der Waals surface area contributed by atoms with Crippen LogP contribution in [0, 0.1) is 12.8 Å². The highest BCUT2D eigenvalue weighted by Crippen LogP contribution is 2.26. The number of aryl methyl sites for hydroxylation is 1. The first kappa shape index (κ1) is 10.3. The third-order valence-electron chi connectivity index (χ3n) is 2.99. The predicted molar refractivity (Wildman–Crippen MR) is 64.0 cm³/mol. The molecule has 3 heteroatoms. The molecule has 1 saturated heterocycles. The van der Waals surface area contributed by atoms with Gasteiger partial charge in [0.15, 0.2) is 5.82 Å². The number of piperidine rings is 1. The fraction of sp³-hybridized carbons (Fsp3) is 0.583. The van der Waals surface area contributed by atoms with Crippen LogP contribution in [0.5, 0.6) is 0 Å². The Labute approximate surface area is 91.3 Å². The van der Waals surface area contributed by atoms with Crippen LogP contribution >= 0.6 is 0 Å². The zero-order chi connectivity index (χ0) is 10.8. The Morgan fingerprint density at radius 2 is 2.33 bits per heavy atom. The van der Waals surface area contributed by atoms with Gasteiger partial charge in [-0.1, -0.05) is 6.92 Å². The van der Waals surface area contributed by atoms with E-state index in [1.807, 2.05) is 19.2 Å². The van der Waals surface area contributed by atoms with Gasteiger partial charge in [-0.15, -0.1) is 0 Å². The molecule has 2 N–H and O–H groups in total. The van der Waals surface area contributed by atoms with Crippen LogP contribution in [-0.4, -0.2) is 18.1 Å². The summed E-state index contributed by atoms with van der Waals surface area (Å²) in [5.41, 5.74) is 7.93. The number of aromatic nitrogens is 1. The van der Waals surface area contributed by atoms with Gasteiger partial charge in [-0.25, -0.2) is 4.98 Å². The Hall–Kier alpha value is -1.25. The highest BCUT2D eigenvalue weighted by molar-refractivity contribution is 5.63. The lowest BCUT2D eigenvalue weighted by atomic mass is 10.0. The lowest BCUT2D eigenvalue weighted by Crippen LogP contribution is -2.35. The lowest BCUT2D eigenvalue weighted by Gasteiger charge is -2.32. The molecule has 1 aromatic rings. The molecule has 1 aromatic heterocycles. The van der Waals surface area contributed by atoms with Crippen molar-refractivity contribution in [1.82, 2.24) is 4.98 Å². The third-order valence-corrected chi connectivity index (χ3v) is 2.99. The van der Waals surface area contributed by atoms with Gasteiger partial charge in [0.2, 0.25) is 0 Å². The molecule has 3 nitrogen and oxygen atoms in total. The minimum atomic E-state index is 0.751. The summed E-state index contributed by atoms with van der Waals surface area (Å²) < 4.78 is 0. The summed E-state index contributed by atoms with van der Waals surface area (Å²) in [5, 5.41) is 0. The van der Waals surface area contributed by atoms with Crippen molar-refractivity contribution in [3.63, 3.8) is 0 Å². The van der Waals surface area contributed by atoms with Crippen molar-refractivity contribution < 1.29 is 0 Å². The van der Waals surface area contributed by atoms with Crippen molar-refractivity contribution in [3.8, 4) is 0 Å². The smallest absolute Gasteiger partial charge is 0.151 e. The molecule has 0 saturated carbocycles. The van der Waals surface area contributed by atoms with E-state index < -0.39 is 0 Å². The number of rotatable bonds is 1. The summed E-state index contributed by atoms with van der Waals surface area (Å²) >= 11 is 0. The topological polar surface area (TPSA) is 42.2 Å². The van der Waals surface area contributed by atoms with Crippen LogP contribution < -0.4 is 10.6 Å². The van der Waals surface area contributed by atoms with Crippen LogP contribution in [0.3, 0.4) is 0 Å². The molecule has 1 aliphatic rings.